The summed E-state index contributed by atoms with van der Waals surface area (Å²) in [5.41, 5.74) is -4.09. The van der Waals surface area contributed by atoms with Gasteiger partial charge in [0.2, 0.25) is 0 Å². The zero-order valence-corrected chi connectivity index (χ0v) is 36.5. The number of ether oxygens (including phenoxy) is 2. The molecule has 2 rings (SSSR count). The molecule has 0 aromatic heterocycles. The van der Waals surface area contributed by atoms with Gasteiger partial charge in [-0.15, -0.1) is 0 Å². The molecule has 0 aromatic rings. The van der Waals surface area contributed by atoms with Crippen LogP contribution in [0.3, 0.4) is 0 Å². The van der Waals surface area contributed by atoms with Crippen LogP contribution in [0, 0.1) is 0 Å². The van der Waals surface area contributed by atoms with Crippen molar-refractivity contribution in [2.24, 2.45) is 0 Å². The maximum Gasteiger partial charge on any atom is 0.339 e. The Morgan fingerprint density at radius 1 is 0.596 bits per heavy atom. The largest absolute Gasteiger partial charge is 0.481 e. The summed E-state index contributed by atoms with van der Waals surface area (Å²) in [7, 11) is 0. The van der Waals surface area contributed by atoms with Crippen molar-refractivity contribution in [3.8, 4) is 0 Å². The number of aliphatic carboxylic acids is 2. The number of carboxylic acid groups (broad SMARTS) is 2. The second-order valence-electron chi connectivity index (χ2n) is 20.1. The Balaban J connectivity index is 2.75. The Kier molecular flexibility index (Phi) is 16.8. The first-order chi connectivity index (χ1) is 23.8. The quantitative estimate of drug-likeness (QED) is 0.100. The van der Waals surface area contributed by atoms with Gasteiger partial charge in [0.05, 0.1) is 23.4 Å². The van der Waals surface area contributed by atoms with Crippen molar-refractivity contribution in [1.29, 1.82) is 0 Å². The first-order valence-corrected chi connectivity index (χ1v) is 21.3. The summed E-state index contributed by atoms with van der Waals surface area (Å²) in [6.45, 7) is 31.2. The molecule has 2 saturated heterocycles. The Hall–Kier alpha value is -1.22. The van der Waals surface area contributed by atoms with E-state index in [0.29, 0.717) is 12.8 Å². The highest BCUT2D eigenvalue weighted by Gasteiger charge is 2.68. The van der Waals surface area contributed by atoms with Gasteiger partial charge in [0.25, 0.3) is 0 Å². The molecule has 2 aliphatic heterocycles. The third-order valence-corrected chi connectivity index (χ3v) is 12.7. The van der Waals surface area contributed by atoms with Crippen LogP contribution in [-0.2, 0) is 19.1 Å². The van der Waals surface area contributed by atoms with E-state index >= 15 is 0 Å². The number of rotatable bonds is 23. The molecule has 52 heavy (non-hydrogen) atoms. The molecule has 306 valence electrons. The molecular formula is C44H84N2O6. The van der Waals surface area contributed by atoms with E-state index in [-0.39, 0.29) is 29.8 Å². The third-order valence-electron chi connectivity index (χ3n) is 12.7. The fourth-order valence-corrected chi connectivity index (χ4v) is 10.4. The standard InChI is InChI=1S/C44H84N2O6/c1-15-17-23-29-40(7,8)51-34-27-32-38(3,4)45(42(34,11)12)44(37(49)50,31-25-21-19-20-22-26-36(47)48)46-39(5,6)33-28-35(43(46,13)14)52-41(9,10)30-24-18-16-2/h34-35H,15-33H2,1-14H3,(H,47,48)(H,49,50). The van der Waals surface area contributed by atoms with Gasteiger partial charge in [0, 0.05) is 28.6 Å². The van der Waals surface area contributed by atoms with Gasteiger partial charge in [-0.25, -0.2) is 4.79 Å². The van der Waals surface area contributed by atoms with E-state index in [0.717, 1.165) is 89.9 Å². The van der Waals surface area contributed by atoms with Crippen molar-refractivity contribution >= 4 is 11.9 Å². The monoisotopic (exact) mass is 737 g/mol. The number of carboxylic acids is 2. The summed E-state index contributed by atoms with van der Waals surface area (Å²) in [6, 6.07) is 0. The van der Waals surface area contributed by atoms with E-state index < -0.39 is 39.8 Å². The molecule has 2 atom stereocenters. The minimum Gasteiger partial charge on any atom is -0.481 e. The van der Waals surface area contributed by atoms with Crippen LogP contribution in [0.1, 0.15) is 219 Å². The highest BCUT2D eigenvalue weighted by atomic mass is 16.5. The average molecular weight is 737 g/mol. The molecule has 0 amide bonds. The average Bonchev–Trinajstić information content (AvgIpc) is 2.98. The van der Waals surface area contributed by atoms with Gasteiger partial charge in [-0.05, 0) is 141 Å². The van der Waals surface area contributed by atoms with Crippen LogP contribution in [0.15, 0.2) is 0 Å². The van der Waals surface area contributed by atoms with Crippen LogP contribution in [0.25, 0.3) is 0 Å². The molecule has 2 fully saturated rings. The highest BCUT2D eigenvalue weighted by Crippen LogP contribution is 2.55. The molecule has 0 spiro atoms. The number of carbonyl (C=O) groups is 2. The van der Waals surface area contributed by atoms with Crippen LogP contribution in [-0.4, -0.2) is 83.2 Å². The first-order valence-electron chi connectivity index (χ1n) is 21.3. The zero-order chi connectivity index (χ0) is 39.8. The predicted octanol–water partition coefficient (Wildman–Crippen LogP) is 11.4. The maximum absolute atomic E-state index is 14.7. The van der Waals surface area contributed by atoms with Gasteiger partial charge in [0.1, 0.15) is 0 Å². The number of hydrogen-bond donors (Lipinski definition) is 2. The summed E-state index contributed by atoms with van der Waals surface area (Å²) in [6.07, 6.45) is 16.6. The topological polar surface area (TPSA) is 99.5 Å². The lowest BCUT2D eigenvalue weighted by Crippen LogP contribution is -2.85. The number of hydrogen-bond acceptors (Lipinski definition) is 6. The molecule has 2 heterocycles. The number of nitrogens with zero attached hydrogens (tertiary/aromatic N) is 2. The molecule has 0 aromatic carbocycles. The molecular weight excluding hydrogens is 652 g/mol. The van der Waals surface area contributed by atoms with Gasteiger partial charge in [-0.1, -0.05) is 71.6 Å². The molecule has 0 saturated carbocycles. The molecule has 0 bridgehead atoms. The second kappa shape index (κ2) is 18.6. The van der Waals surface area contributed by atoms with Gasteiger partial charge in [-0.3, -0.25) is 14.6 Å². The van der Waals surface area contributed by atoms with E-state index in [2.05, 4.69) is 107 Å². The lowest BCUT2D eigenvalue weighted by atomic mass is 9.69. The van der Waals surface area contributed by atoms with Gasteiger partial charge < -0.3 is 19.7 Å². The minimum absolute atomic E-state index is 0.146. The van der Waals surface area contributed by atoms with E-state index in [1.54, 1.807) is 0 Å². The second-order valence-corrected chi connectivity index (χ2v) is 20.1. The van der Waals surface area contributed by atoms with E-state index in [4.69, 9.17) is 14.6 Å². The van der Waals surface area contributed by atoms with Crippen molar-refractivity contribution in [3.63, 3.8) is 0 Å². The molecule has 8 nitrogen and oxygen atoms in total. The van der Waals surface area contributed by atoms with E-state index in [9.17, 15) is 14.7 Å². The van der Waals surface area contributed by atoms with Gasteiger partial charge in [-0.2, -0.15) is 0 Å². The Morgan fingerprint density at radius 3 is 1.33 bits per heavy atom. The van der Waals surface area contributed by atoms with Crippen LogP contribution in [0.4, 0.5) is 0 Å². The Bertz CT molecular complexity index is 1060. The molecule has 0 aliphatic carbocycles. The fraction of sp³-hybridized carbons (Fsp3) is 0.955. The number of unbranched alkanes of at least 4 members (excludes halogenated alkanes) is 8. The fourth-order valence-electron chi connectivity index (χ4n) is 10.4. The Labute approximate surface area is 320 Å². The Morgan fingerprint density at radius 2 is 0.962 bits per heavy atom. The molecule has 2 unspecified atom stereocenters. The van der Waals surface area contributed by atoms with Crippen LogP contribution < -0.4 is 0 Å². The van der Waals surface area contributed by atoms with Crippen molar-refractivity contribution in [2.45, 2.75) is 270 Å². The van der Waals surface area contributed by atoms with Crippen molar-refractivity contribution in [2.75, 3.05) is 0 Å². The molecule has 8 heteroatoms. The minimum atomic E-state index is -1.36. The molecule has 2 aliphatic rings. The summed E-state index contributed by atoms with van der Waals surface area (Å²) in [5.74, 6) is -1.56. The summed E-state index contributed by atoms with van der Waals surface area (Å²) in [4.78, 5) is 30.7. The summed E-state index contributed by atoms with van der Waals surface area (Å²) < 4.78 is 14.3. The summed E-state index contributed by atoms with van der Waals surface area (Å²) >= 11 is 0. The summed E-state index contributed by atoms with van der Waals surface area (Å²) in [5, 5.41) is 21.2. The van der Waals surface area contributed by atoms with E-state index in [1.807, 2.05) is 0 Å². The SMILES string of the molecule is CCCCCC(C)(C)OC1CCC(C)(C)N(C(CCCCCCCC(=O)O)(C(=O)O)N2C(C)(C)CCC(OC(C)(C)CCCCC)C2(C)C)C1(C)C. The lowest BCUT2D eigenvalue weighted by molar-refractivity contribution is -0.288. The molecule has 2 N–H and O–H groups in total. The van der Waals surface area contributed by atoms with Gasteiger partial charge >= 0.3 is 11.9 Å². The lowest BCUT2D eigenvalue weighted by Gasteiger charge is -2.70. The van der Waals surface area contributed by atoms with Crippen molar-refractivity contribution in [3.05, 3.63) is 0 Å². The van der Waals surface area contributed by atoms with Crippen molar-refractivity contribution < 1.29 is 29.3 Å². The third kappa shape index (κ3) is 11.6. The van der Waals surface area contributed by atoms with Crippen LogP contribution in [0.5, 0.6) is 0 Å². The number of piperidine rings is 2. The zero-order valence-electron chi connectivity index (χ0n) is 36.5. The maximum atomic E-state index is 14.7. The molecule has 0 radical (unpaired) electrons. The van der Waals surface area contributed by atoms with Crippen molar-refractivity contribution in [1.82, 2.24) is 9.80 Å². The van der Waals surface area contributed by atoms with Gasteiger partial charge in [0.15, 0.2) is 5.66 Å². The highest BCUT2D eigenvalue weighted by molar-refractivity contribution is 5.79. The van der Waals surface area contributed by atoms with Crippen LogP contribution in [0.2, 0.25) is 0 Å². The predicted molar refractivity (Wildman–Crippen MR) is 215 cm³/mol. The number of likely N-dealkylation sites (tertiary alicyclic amines) is 2. The van der Waals surface area contributed by atoms with E-state index in [1.165, 1.54) is 12.8 Å². The first kappa shape index (κ1) is 46.9. The smallest absolute Gasteiger partial charge is 0.339 e. The van der Waals surface area contributed by atoms with Crippen LogP contribution >= 0.6 is 0 Å². The normalized spacial score (nSPS) is 24.7.